The number of aliphatic carboxylic acids is 1. The highest BCUT2D eigenvalue weighted by Gasteiger charge is 2.46. The second-order valence-electron chi connectivity index (χ2n) is 8.17. The van der Waals surface area contributed by atoms with Crippen LogP contribution in [-0.4, -0.2) is 34.5 Å². The Morgan fingerprint density at radius 3 is 2.71 bits per heavy atom. The van der Waals surface area contributed by atoms with Crippen LogP contribution in [0.3, 0.4) is 0 Å². The molecule has 0 aromatic heterocycles. The van der Waals surface area contributed by atoms with Gasteiger partial charge < -0.3 is 14.9 Å². The van der Waals surface area contributed by atoms with Crippen LogP contribution in [0.2, 0.25) is 0 Å². The maximum Gasteiger partial charge on any atom is 0.303 e. The number of hydrogen-bond donors (Lipinski definition) is 2. The Bertz CT molecular complexity index is 691. The Labute approximate surface area is 167 Å². The molecule has 4 heteroatoms. The van der Waals surface area contributed by atoms with Crippen molar-refractivity contribution in [1.29, 1.82) is 0 Å². The van der Waals surface area contributed by atoms with Gasteiger partial charge in [-0.25, -0.2) is 0 Å². The summed E-state index contributed by atoms with van der Waals surface area (Å²) in [5.74, 6) is 0.0803. The number of benzene rings is 1. The third kappa shape index (κ3) is 5.79. The summed E-state index contributed by atoms with van der Waals surface area (Å²) in [5, 5.41) is 19.1. The van der Waals surface area contributed by atoms with E-state index in [0.29, 0.717) is 30.8 Å². The summed E-state index contributed by atoms with van der Waals surface area (Å²) in [7, 11) is 0. The van der Waals surface area contributed by atoms with E-state index in [2.05, 4.69) is 49.4 Å². The topological polar surface area (TPSA) is 66.8 Å². The molecule has 0 saturated carbocycles. The monoisotopic (exact) mass is 384 g/mol. The van der Waals surface area contributed by atoms with E-state index in [1.54, 1.807) is 0 Å². The van der Waals surface area contributed by atoms with Gasteiger partial charge in [0.2, 0.25) is 0 Å². The molecule has 2 aliphatic heterocycles. The zero-order chi connectivity index (χ0) is 19.9. The molecule has 2 saturated heterocycles. The van der Waals surface area contributed by atoms with E-state index in [1.165, 1.54) is 5.56 Å². The van der Waals surface area contributed by atoms with Gasteiger partial charge in [0.15, 0.2) is 0 Å². The molecule has 0 spiro atoms. The van der Waals surface area contributed by atoms with Crippen molar-refractivity contribution in [2.24, 2.45) is 11.8 Å². The minimum atomic E-state index is -0.732. The van der Waals surface area contributed by atoms with E-state index in [9.17, 15) is 9.90 Å². The molecule has 2 bridgehead atoms. The normalized spacial score (nSPS) is 27.8. The number of allylic oxidation sites excluding steroid dienone is 2. The Morgan fingerprint density at radius 2 is 1.96 bits per heavy atom. The first-order valence-electron chi connectivity index (χ1n) is 10.5. The molecule has 152 valence electrons. The Kier molecular flexibility index (Phi) is 7.46. The first kappa shape index (κ1) is 20.8. The third-order valence-corrected chi connectivity index (χ3v) is 5.94. The minimum Gasteiger partial charge on any atom is -0.481 e. The van der Waals surface area contributed by atoms with Gasteiger partial charge in [-0.1, -0.05) is 54.1 Å². The summed E-state index contributed by atoms with van der Waals surface area (Å²) in [6, 6.07) is 8.30. The maximum absolute atomic E-state index is 10.6. The summed E-state index contributed by atoms with van der Waals surface area (Å²) in [6.45, 7) is 2.07. The van der Waals surface area contributed by atoms with Crippen molar-refractivity contribution >= 4 is 5.97 Å². The van der Waals surface area contributed by atoms with Gasteiger partial charge in [0.25, 0.3) is 0 Å². The average molecular weight is 385 g/mol. The van der Waals surface area contributed by atoms with Crippen molar-refractivity contribution < 1.29 is 19.7 Å². The highest BCUT2D eigenvalue weighted by Crippen LogP contribution is 2.45. The molecular formula is C24H32O4. The smallest absolute Gasteiger partial charge is 0.303 e. The van der Waals surface area contributed by atoms with Gasteiger partial charge in [-0.15, -0.1) is 0 Å². The fourth-order valence-electron chi connectivity index (χ4n) is 4.42. The highest BCUT2D eigenvalue weighted by atomic mass is 16.5. The van der Waals surface area contributed by atoms with Crippen LogP contribution in [0.25, 0.3) is 0 Å². The van der Waals surface area contributed by atoms with E-state index in [4.69, 9.17) is 9.84 Å². The zero-order valence-corrected chi connectivity index (χ0v) is 16.7. The third-order valence-electron chi connectivity index (χ3n) is 5.94. The van der Waals surface area contributed by atoms with Crippen molar-refractivity contribution in [1.82, 2.24) is 0 Å². The standard InChI is InChI=1S/C24H32O4/c1-17-8-10-18(11-9-17)16-19(25)12-13-21-20(22-14-15-23(21)28-22)6-4-2-3-5-7-24(26)27/h2,4,8-13,19-23,25H,3,5-7,14-16H2,1H3,(H,26,27)/b4-2-,13-12+/t19?,20-,21+,22-,23-/m1/s1. The number of aliphatic hydroxyl groups excluding tert-OH is 1. The van der Waals surface area contributed by atoms with Crippen molar-refractivity contribution in [3.8, 4) is 0 Å². The van der Waals surface area contributed by atoms with Crippen LogP contribution >= 0.6 is 0 Å². The van der Waals surface area contributed by atoms with Gasteiger partial charge in [-0.05, 0) is 50.5 Å². The molecule has 0 amide bonds. The summed E-state index contributed by atoms with van der Waals surface area (Å²) in [5.41, 5.74) is 2.37. The second kappa shape index (κ2) is 10.0. The fraction of sp³-hybridized carbons (Fsp3) is 0.542. The number of unbranched alkanes of at least 4 members (excludes halogenated alkanes) is 1. The number of hydrogen-bond acceptors (Lipinski definition) is 3. The molecule has 5 atom stereocenters. The number of carbonyl (C=O) groups is 1. The van der Waals surface area contributed by atoms with E-state index in [-0.39, 0.29) is 12.5 Å². The molecule has 0 aliphatic carbocycles. The Morgan fingerprint density at radius 1 is 1.21 bits per heavy atom. The molecule has 4 nitrogen and oxygen atoms in total. The SMILES string of the molecule is Cc1ccc(CC(O)/C=C/[C@H]2[C@@H](C/C=C\CCCC(=O)O)[C@H]3CC[C@H]2O3)cc1. The summed E-state index contributed by atoms with van der Waals surface area (Å²) in [6.07, 6.45) is 14.1. The molecule has 2 fully saturated rings. The first-order chi connectivity index (χ1) is 13.5. The predicted molar refractivity (Wildman–Crippen MR) is 110 cm³/mol. The minimum absolute atomic E-state index is 0.228. The molecular weight excluding hydrogens is 352 g/mol. The highest BCUT2D eigenvalue weighted by molar-refractivity contribution is 5.66. The maximum atomic E-state index is 10.6. The molecule has 3 rings (SSSR count). The van der Waals surface area contributed by atoms with Gasteiger partial charge in [0.05, 0.1) is 18.3 Å². The van der Waals surface area contributed by atoms with Crippen molar-refractivity contribution in [2.75, 3.05) is 0 Å². The van der Waals surface area contributed by atoms with Gasteiger partial charge in [-0.3, -0.25) is 4.79 Å². The lowest BCUT2D eigenvalue weighted by Crippen LogP contribution is -2.25. The average Bonchev–Trinajstić information content (AvgIpc) is 3.26. The number of carboxylic acids is 1. The number of ether oxygens (including phenoxy) is 1. The van der Waals surface area contributed by atoms with Crippen LogP contribution < -0.4 is 0 Å². The molecule has 1 aromatic carbocycles. The van der Waals surface area contributed by atoms with Crippen LogP contribution in [0.5, 0.6) is 0 Å². The summed E-state index contributed by atoms with van der Waals surface area (Å²) >= 11 is 0. The lowest BCUT2D eigenvalue weighted by atomic mass is 9.77. The fourth-order valence-corrected chi connectivity index (χ4v) is 4.42. The molecule has 0 radical (unpaired) electrons. The van der Waals surface area contributed by atoms with Gasteiger partial charge in [0.1, 0.15) is 0 Å². The van der Waals surface area contributed by atoms with E-state index in [1.807, 2.05) is 6.08 Å². The number of aryl methyl sites for hydroxylation is 1. The van der Waals surface area contributed by atoms with E-state index < -0.39 is 12.1 Å². The van der Waals surface area contributed by atoms with Crippen molar-refractivity contribution in [3.05, 3.63) is 59.7 Å². The Hall–Kier alpha value is -1.91. The van der Waals surface area contributed by atoms with Crippen molar-refractivity contribution in [3.63, 3.8) is 0 Å². The molecule has 2 heterocycles. The molecule has 2 N–H and O–H groups in total. The van der Waals surface area contributed by atoms with Crippen LogP contribution in [-0.2, 0) is 16.0 Å². The second-order valence-corrected chi connectivity index (χ2v) is 8.17. The number of aliphatic hydroxyl groups is 1. The first-order valence-corrected chi connectivity index (χ1v) is 10.5. The predicted octanol–water partition coefficient (Wildman–Crippen LogP) is 4.45. The van der Waals surface area contributed by atoms with E-state index in [0.717, 1.165) is 31.2 Å². The lowest BCUT2D eigenvalue weighted by Gasteiger charge is -2.25. The summed E-state index contributed by atoms with van der Waals surface area (Å²) < 4.78 is 6.13. The van der Waals surface area contributed by atoms with Gasteiger partial charge in [-0.2, -0.15) is 0 Å². The summed E-state index contributed by atoms with van der Waals surface area (Å²) in [4.78, 5) is 10.6. The largest absolute Gasteiger partial charge is 0.481 e. The van der Waals surface area contributed by atoms with Crippen LogP contribution in [0.15, 0.2) is 48.6 Å². The Balaban J connectivity index is 1.50. The van der Waals surface area contributed by atoms with Crippen LogP contribution in [0, 0.1) is 18.8 Å². The van der Waals surface area contributed by atoms with Crippen LogP contribution in [0.1, 0.15) is 49.7 Å². The number of rotatable bonds is 10. The molecule has 1 aromatic rings. The quantitative estimate of drug-likeness (QED) is 0.462. The van der Waals surface area contributed by atoms with Crippen molar-refractivity contribution in [2.45, 2.75) is 70.2 Å². The zero-order valence-electron chi connectivity index (χ0n) is 16.7. The number of fused-ring (bicyclic) bond motifs is 2. The van der Waals surface area contributed by atoms with E-state index >= 15 is 0 Å². The number of carboxylic acid groups (broad SMARTS) is 1. The lowest BCUT2D eigenvalue weighted by molar-refractivity contribution is -0.137. The van der Waals surface area contributed by atoms with Gasteiger partial charge >= 0.3 is 5.97 Å². The van der Waals surface area contributed by atoms with Gasteiger partial charge in [0, 0.05) is 18.8 Å². The molecule has 28 heavy (non-hydrogen) atoms. The molecule has 1 unspecified atom stereocenters. The van der Waals surface area contributed by atoms with Crippen LogP contribution in [0.4, 0.5) is 0 Å². The molecule has 2 aliphatic rings.